The van der Waals surface area contributed by atoms with Crippen molar-refractivity contribution in [3.63, 3.8) is 0 Å². The smallest absolute Gasteiger partial charge is 0.211 e. The molecule has 2 N–H and O–H groups in total. The second-order valence-electron chi connectivity index (χ2n) is 8.60. The highest BCUT2D eigenvalue weighted by Gasteiger charge is 2.26. The molecule has 1 aromatic rings. The summed E-state index contributed by atoms with van der Waals surface area (Å²) in [5, 5.41) is 10.1. The number of nitrogens with zero attached hydrogens (tertiary/aromatic N) is 6. The van der Waals surface area contributed by atoms with E-state index in [-0.39, 0.29) is 0 Å². The highest BCUT2D eigenvalue weighted by molar-refractivity contribution is 7.99. The minimum atomic E-state index is -3.13. The number of nitrogen functional groups attached to an aromatic ring is 1. The monoisotopic (exact) mass is 515 g/mol. The van der Waals surface area contributed by atoms with Crippen LogP contribution in [-0.4, -0.2) is 64.8 Å². The number of benzene rings is 1. The van der Waals surface area contributed by atoms with Gasteiger partial charge in [0, 0.05) is 30.6 Å². The average Bonchev–Trinajstić information content (AvgIpc) is 3.27. The van der Waals surface area contributed by atoms with Crippen LogP contribution in [0.5, 0.6) is 11.5 Å². The zero-order valence-electron chi connectivity index (χ0n) is 19.2. The van der Waals surface area contributed by atoms with E-state index < -0.39 is 10.0 Å². The molecule has 13 heteroatoms. The number of ether oxygens (including phenoxy) is 2. The van der Waals surface area contributed by atoms with E-state index in [4.69, 9.17) is 20.2 Å². The lowest BCUT2D eigenvalue weighted by Crippen LogP contribution is -2.37. The molecule has 5 rings (SSSR count). The number of sulfonamides is 1. The van der Waals surface area contributed by atoms with Crippen LogP contribution in [0.3, 0.4) is 0 Å². The lowest BCUT2D eigenvalue weighted by molar-refractivity contribution is 0.171. The summed E-state index contributed by atoms with van der Waals surface area (Å²) in [6.45, 7) is 2.68. The van der Waals surface area contributed by atoms with Crippen LogP contribution in [-0.2, 0) is 16.6 Å². The molecule has 11 nitrogen and oxygen atoms in total. The number of anilines is 1. The summed E-state index contributed by atoms with van der Waals surface area (Å²) in [6, 6.07) is 5.64. The number of fused-ring (bicyclic) bond motifs is 2. The standard InChI is InChI=1S/C22H25N7O4S2/c1-35(30,31)29-6-3-14(4-7-29)2-5-28-13-25-20(24)19-21(28)27-22(26-19)34-18-11-17-16(10-15(18)12-23)32-8-9-33-17/h10-11,13-14H,2-9,24H2,1H3. The summed E-state index contributed by atoms with van der Waals surface area (Å²) in [4.78, 5) is 14.2. The van der Waals surface area contributed by atoms with E-state index in [9.17, 15) is 13.7 Å². The summed E-state index contributed by atoms with van der Waals surface area (Å²) in [5.74, 6) is 2.48. The van der Waals surface area contributed by atoms with E-state index in [0.29, 0.717) is 83.2 Å². The summed E-state index contributed by atoms with van der Waals surface area (Å²) >= 11 is 1.26. The normalized spacial score (nSPS) is 16.9. The van der Waals surface area contributed by atoms with Crippen molar-refractivity contribution in [1.82, 2.24) is 23.8 Å². The van der Waals surface area contributed by atoms with Gasteiger partial charge in [-0.05, 0) is 43.0 Å². The van der Waals surface area contributed by atoms with Crippen LogP contribution >= 0.6 is 11.8 Å². The van der Waals surface area contributed by atoms with Crippen molar-refractivity contribution in [2.24, 2.45) is 5.92 Å². The van der Waals surface area contributed by atoms with Crippen molar-refractivity contribution < 1.29 is 17.9 Å². The summed E-state index contributed by atoms with van der Waals surface area (Å²) < 4.78 is 38.2. The summed E-state index contributed by atoms with van der Waals surface area (Å²) in [5.41, 5.74) is 7.05. The molecule has 4 aliphatic heterocycles. The Morgan fingerprint density at radius 1 is 1.20 bits per heavy atom. The Kier molecular flexibility index (Phi) is 6.43. The van der Waals surface area contributed by atoms with E-state index in [1.807, 2.05) is 4.57 Å². The molecule has 184 valence electrons. The maximum atomic E-state index is 11.7. The number of hydrogen-bond donors (Lipinski definition) is 1. The molecule has 0 aliphatic carbocycles. The van der Waals surface area contributed by atoms with Gasteiger partial charge in [0.15, 0.2) is 34.0 Å². The summed E-state index contributed by atoms with van der Waals surface area (Å²) in [6.07, 6.45) is 5.45. The van der Waals surface area contributed by atoms with Crippen molar-refractivity contribution in [2.75, 3.05) is 38.3 Å². The van der Waals surface area contributed by atoms with Gasteiger partial charge in [-0.15, -0.1) is 0 Å². The van der Waals surface area contributed by atoms with Gasteiger partial charge in [0.25, 0.3) is 0 Å². The van der Waals surface area contributed by atoms with Crippen LogP contribution in [0.25, 0.3) is 11.5 Å². The largest absolute Gasteiger partial charge is 0.486 e. The zero-order valence-corrected chi connectivity index (χ0v) is 20.8. The fourth-order valence-electron chi connectivity index (χ4n) is 4.33. The fourth-order valence-corrected chi connectivity index (χ4v) is 6.06. The van der Waals surface area contributed by atoms with E-state index in [1.165, 1.54) is 18.0 Å². The molecule has 0 radical (unpaired) electrons. The van der Waals surface area contributed by atoms with Crippen molar-refractivity contribution in [2.45, 2.75) is 35.9 Å². The van der Waals surface area contributed by atoms with Gasteiger partial charge in [0.2, 0.25) is 10.0 Å². The Labute approximate surface area is 207 Å². The van der Waals surface area contributed by atoms with Gasteiger partial charge >= 0.3 is 0 Å². The predicted octanol–water partition coefficient (Wildman–Crippen LogP) is 2.22. The van der Waals surface area contributed by atoms with Crippen molar-refractivity contribution in [3.8, 4) is 29.1 Å². The third-order valence-corrected chi connectivity index (χ3v) is 8.48. The molecular weight excluding hydrogens is 490 g/mol. The van der Waals surface area contributed by atoms with E-state index in [2.05, 4.69) is 16.0 Å². The number of hydrogen-bond acceptors (Lipinski definition) is 10. The second-order valence-corrected chi connectivity index (χ2v) is 11.6. The van der Waals surface area contributed by atoms with Gasteiger partial charge < -0.3 is 19.8 Å². The Hall–Kier alpha value is -3.08. The average molecular weight is 516 g/mol. The highest BCUT2D eigenvalue weighted by Crippen LogP contribution is 2.40. The molecular formula is C22H25N7O4S2. The number of aromatic nitrogens is 4. The number of aryl methyl sites for hydroxylation is 1. The third kappa shape index (κ3) is 5.00. The zero-order chi connectivity index (χ0) is 24.6. The first-order chi connectivity index (χ1) is 16.8. The SMILES string of the molecule is CS(=O)(=O)N1CCC(CCn2cnc(N)c3nc(Sc4cc5c(cc4C#N)OCCO5)nc2-3)CC1. The molecule has 0 bridgehead atoms. The van der Waals surface area contributed by atoms with Crippen LogP contribution in [0.15, 0.2) is 28.5 Å². The minimum absolute atomic E-state index is 0.291. The topological polar surface area (TPSA) is 149 Å². The molecule has 0 unspecified atom stereocenters. The molecule has 1 aromatic carbocycles. The molecule has 1 fully saturated rings. The first-order valence-electron chi connectivity index (χ1n) is 11.3. The predicted molar refractivity (Wildman–Crippen MR) is 129 cm³/mol. The second kappa shape index (κ2) is 9.52. The van der Waals surface area contributed by atoms with Crippen molar-refractivity contribution >= 4 is 27.6 Å². The van der Waals surface area contributed by atoms with Crippen LogP contribution < -0.4 is 15.2 Å². The molecule has 35 heavy (non-hydrogen) atoms. The summed E-state index contributed by atoms with van der Waals surface area (Å²) in [7, 11) is -3.13. The Bertz CT molecular complexity index is 1360. The third-order valence-electron chi connectivity index (χ3n) is 6.26. The highest BCUT2D eigenvalue weighted by atomic mass is 32.2. The van der Waals surface area contributed by atoms with Gasteiger partial charge in [0.1, 0.15) is 19.3 Å². The first kappa shape index (κ1) is 23.7. The Balaban J connectivity index is 1.33. The molecule has 1 saturated heterocycles. The van der Waals surface area contributed by atoms with Crippen molar-refractivity contribution in [1.29, 1.82) is 5.26 Å². The maximum absolute atomic E-state index is 11.7. The van der Waals surface area contributed by atoms with E-state index in [0.717, 1.165) is 19.3 Å². The van der Waals surface area contributed by atoms with E-state index in [1.54, 1.807) is 22.8 Å². The number of nitrogens with two attached hydrogens (primary N) is 1. The lowest BCUT2D eigenvalue weighted by Gasteiger charge is -2.30. The van der Waals surface area contributed by atoms with Gasteiger partial charge in [-0.25, -0.2) is 27.7 Å². The van der Waals surface area contributed by atoms with Gasteiger partial charge in [0.05, 0.1) is 18.1 Å². The number of imidazole rings is 1. The molecule has 0 aromatic heterocycles. The fraction of sp³-hybridized carbons (Fsp3) is 0.455. The Morgan fingerprint density at radius 3 is 2.60 bits per heavy atom. The van der Waals surface area contributed by atoms with Gasteiger partial charge in [-0.2, -0.15) is 5.26 Å². The van der Waals surface area contributed by atoms with Crippen molar-refractivity contribution in [3.05, 3.63) is 24.0 Å². The molecule has 0 amide bonds. The van der Waals surface area contributed by atoms with E-state index >= 15 is 0 Å². The maximum Gasteiger partial charge on any atom is 0.211 e. The molecule has 0 spiro atoms. The number of nitriles is 1. The minimum Gasteiger partial charge on any atom is -0.486 e. The Morgan fingerprint density at radius 2 is 1.91 bits per heavy atom. The number of piperidine rings is 1. The van der Waals surface area contributed by atoms with Crippen LogP contribution in [0.2, 0.25) is 0 Å². The van der Waals surface area contributed by atoms with Gasteiger partial charge in [-0.3, -0.25) is 0 Å². The molecule has 0 saturated carbocycles. The van der Waals surface area contributed by atoms with Crippen LogP contribution in [0.1, 0.15) is 24.8 Å². The lowest BCUT2D eigenvalue weighted by atomic mass is 9.94. The number of rotatable bonds is 6. The molecule has 4 aliphatic rings. The molecule has 4 heterocycles. The van der Waals surface area contributed by atoms with Crippen LogP contribution in [0, 0.1) is 17.2 Å². The molecule has 0 atom stereocenters. The van der Waals surface area contributed by atoms with Gasteiger partial charge in [-0.1, -0.05) is 0 Å². The quantitative estimate of drug-likeness (QED) is 0.518. The van der Waals surface area contributed by atoms with Crippen LogP contribution in [0.4, 0.5) is 5.82 Å². The first-order valence-corrected chi connectivity index (χ1v) is 13.9.